The first kappa shape index (κ1) is 13.4. The van der Waals surface area contributed by atoms with Crippen molar-refractivity contribution in [1.82, 2.24) is 5.01 Å². The van der Waals surface area contributed by atoms with Crippen LogP contribution in [0.15, 0.2) is 24.3 Å². The quantitative estimate of drug-likeness (QED) is 0.452. The van der Waals surface area contributed by atoms with Gasteiger partial charge >= 0.3 is 11.1 Å². The summed E-state index contributed by atoms with van der Waals surface area (Å²) in [6.45, 7) is 0. The molecule has 2 amide bonds. The van der Waals surface area contributed by atoms with Crippen LogP contribution in [-0.4, -0.2) is 39.1 Å². The molecule has 9 heteroatoms. The standard InChI is InChI=1S/C11H8N4O5/c12-13-15(14-9(17)5-8(16)10(14)18)7-3-1-6(2-4-7)11(19)20/h1-4,8,16H,5H2/p+1. The smallest absolute Gasteiger partial charge is 0.335 e. The molecular weight excluding hydrogens is 268 g/mol. The van der Waals surface area contributed by atoms with E-state index in [9.17, 15) is 19.5 Å². The van der Waals surface area contributed by atoms with Gasteiger partial charge in [-0.05, 0) is 24.3 Å². The molecule has 1 aromatic rings. The van der Waals surface area contributed by atoms with Crippen LogP contribution in [0.25, 0.3) is 5.08 Å². The normalized spacial score (nSPS) is 18.0. The summed E-state index contributed by atoms with van der Waals surface area (Å²) in [5, 5.41) is 30.9. The van der Waals surface area contributed by atoms with Crippen LogP contribution >= 0.6 is 0 Å². The maximum Gasteiger partial charge on any atom is 0.335 e. The van der Waals surface area contributed by atoms with E-state index < -0.39 is 30.3 Å². The SMILES string of the molecule is N#[N+]N(c1ccc(C(=O)O)cc1)N1C(=O)CC(O)C1=O. The number of aliphatic hydroxyl groups is 1. The fourth-order valence-electron chi connectivity index (χ4n) is 1.75. The number of hydrogen-bond acceptors (Lipinski definition) is 6. The number of carbonyl (C=O) groups is 3. The molecule has 1 heterocycles. The Bertz CT molecular complexity index is 621. The molecule has 1 unspecified atom stereocenters. The minimum absolute atomic E-state index is 0.00857. The molecule has 0 aromatic heterocycles. The van der Waals surface area contributed by atoms with E-state index in [1.54, 1.807) is 0 Å². The first-order valence-corrected chi connectivity index (χ1v) is 5.49. The predicted octanol–water partition coefficient (Wildman–Crippen LogP) is -0.00592. The number of rotatable bonds is 3. The number of imide groups is 1. The second-order valence-electron chi connectivity index (χ2n) is 3.99. The fraction of sp³-hybridized carbons (Fsp3) is 0.182. The molecule has 102 valence electrons. The van der Waals surface area contributed by atoms with E-state index >= 15 is 0 Å². The summed E-state index contributed by atoms with van der Waals surface area (Å²) in [6, 6.07) is 4.96. The van der Waals surface area contributed by atoms with Gasteiger partial charge in [0, 0.05) is 0 Å². The highest BCUT2D eigenvalue weighted by molar-refractivity contribution is 6.06. The van der Waals surface area contributed by atoms with Crippen molar-refractivity contribution in [3.63, 3.8) is 0 Å². The Labute approximate surface area is 112 Å². The highest BCUT2D eigenvalue weighted by Gasteiger charge is 2.46. The zero-order valence-corrected chi connectivity index (χ0v) is 10.0. The molecule has 1 saturated heterocycles. The van der Waals surface area contributed by atoms with Crippen LogP contribution in [0, 0.1) is 5.39 Å². The molecular formula is C11H9N4O5+. The lowest BCUT2D eigenvalue weighted by Crippen LogP contribution is -2.43. The topological polar surface area (TPSA) is 126 Å². The van der Waals surface area contributed by atoms with E-state index in [1.807, 2.05) is 0 Å². The summed E-state index contributed by atoms with van der Waals surface area (Å²) in [5.74, 6) is -2.80. The summed E-state index contributed by atoms with van der Waals surface area (Å²) < 4.78 is 0. The first-order valence-electron chi connectivity index (χ1n) is 5.49. The number of carbonyl (C=O) groups excluding carboxylic acids is 2. The molecule has 1 aromatic carbocycles. The van der Waals surface area contributed by atoms with Crippen molar-refractivity contribution in [2.45, 2.75) is 12.5 Å². The largest absolute Gasteiger partial charge is 0.478 e. The van der Waals surface area contributed by atoms with Gasteiger partial charge in [-0.1, -0.05) is 0 Å². The molecule has 1 aliphatic heterocycles. The lowest BCUT2D eigenvalue weighted by Gasteiger charge is -2.13. The lowest BCUT2D eigenvalue weighted by molar-refractivity contribution is -0.141. The van der Waals surface area contributed by atoms with Gasteiger partial charge in [-0.15, -0.1) is 5.01 Å². The summed E-state index contributed by atoms with van der Waals surface area (Å²) in [5.41, 5.74) is 0.0825. The summed E-state index contributed by atoms with van der Waals surface area (Å²) >= 11 is 0. The van der Waals surface area contributed by atoms with Crippen LogP contribution in [0.1, 0.15) is 16.8 Å². The molecule has 0 aliphatic carbocycles. The molecule has 1 aliphatic rings. The number of anilines is 1. The van der Waals surface area contributed by atoms with Gasteiger partial charge in [0.1, 0.15) is 16.9 Å². The first-order chi connectivity index (χ1) is 9.45. The van der Waals surface area contributed by atoms with E-state index in [2.05, 4.69) is 5.08 Å². The van der Waals surface area contributed by atoms with Crippen molar-refractivity contribution in [3.05, 3.63) is 34.9 Å². The number of aromatic carboxylic acids is 1. The molecule has 1 fully saturated rings. The van der Waals surface area contributed by atoms with Crippen LogP contribution in [0.2, 0.25) is 0 Å². The third-order valence-electron chi connectivity index (χ3n) is 2.72. The van der Waals surface area contributed by atoms with E-state index in [0.29, 0.717) is 10.1 Å². The van der Waals surface area contributed by atoms with Gasteiger partial charge in [-0.2, -0.15) is 0 Å². The average Bonchev–Trinajstić information content (AvgIpc) is 2.67. The van der Waals surface area contributed by atoms with Crippen molar-refractivity contribution in [2.24, 2.45) is 0 Å². The predicted molar refractivity (Wildman–Crippen MR) is 63.4 cm³/mol. The van der Waals surface area contributed by atoms with Gasteiger partial charge in [0.05, 0.1) is 12.0 Å². The average molecular weight is 277 g/mol. The van der Waals surface area contributed by atoms with E-state index in [-0.39, 0.29) is 11.3 Å². The van der Waals surface area contributed by atoms with E-state index in [0.717, 1.165) is 0 Å². The zero-order valence-electron chi connectivity index (χ0n) is 10.0. The molecule has 0 radical (unpaired) electrons. The van der Waals surface area contributed by atoms with Crippen LogP contribution in [-0.2, 0) is 9.59 Å². The summed E-state index contributed by atoms with van der Waals surface area (Å²) in [4.78, 5) is 33.9. The molecule has 2 rings (SSSR count). The molecule has 0 spiro atoms. The molecule has 0 bridgehead atoms. The number of nitrogens with zero attached hydrogens (tertiary/aromatic N) is 4. The Morgan fingerprint density at radius 1 is 1.35 bits per heavy atom. The maximum absolute atomic E-state index is 11.6. The van der Waals surface area contributed by atoms with Crippen molar-refractivity contribution in [3.8, 4) is 0 Å². The molecule has 20 heavy (non-hydrogen) atoms. The minimum atomic E-state index is -1.48. The number of amides is 2. The number of aliphatic hydroxyl groups excluding tert-OH is 1. The lowest BCUT2D eigenvalue weighted by atomic mass is 10.2. The number of carboxylic acids is 1. The second-order valence-corrected chi connectivity index (χ2v) is 3.99. The second kappa shape index (κ2) is 4.94. The highest BCUT2D eigenvalue weighted by Crippen LogP contribution is 2.23. The van der Waals surface area contributed by atoms with Gasteiger partial charge in [0.15, 0.2) is 0 Å². The summed E-state index contributed by atoms with van der Waals surface area (Å²) in [7, 11) is 0. The van der Waals surface area contributed by atoms with Crippen molar-refractivity contribution in [1.29, 1.82) is 5.39 Å². The minimum Gasteiger partial charge on any atom is -0.478 e. The number of carboxylic acid groups (broad SMARTS) is 1. The Morgan fingerprint density at radius 2 is 1.95 bits per heavy atom. The monoisotopic (exact) mass is 277 g/mol. The van der Waals surface area contributed by atoms with Gasteiger partial charge < -0.3 is 10.2 Å². The number of diazo groups is 1. The fourth-order valence-corrected chi connectivity index (χ4v) is 1.75. The number of hydrazine groups is 1. The van der Waals surface area contributed by atoms with Gasteiger partial charge in [0.25, 0.3) is 17.2 Å². The van der Waals surface area contributed by atoms with E-state index in [1.165, 1.54) is 24.3 Å². The Hall–Kier alpha value is -2.99. The van der Waals surface area contributed by atoms with Gasteiger partial charge in [-0.3, -0.25) is 9.59 Å². The van der Waals surface area contributed by atoms with Gasteiger partial charge in [0.2, 0.25) is 0 Å². The third kappa shape index (κ3) is 2.15. The van der Waals surface area contributed by atoms with Crippen LogP contribution < -0.4 is 5.12 Å². The molecule has 2 N–H and O–H groups in total. The zero-order chi connectivity index (χ0) is 14.9. The van der Waals surface area contributed by atoms with Crippen LogP contribution in [0.5, 0.6) is 0 Å². The Balaban J connectivity index is 2.34. The molecule has 9 nitrogen and oxygen atoms in total. The van der Waals surface area contributed by atoms with Crippen LogP contribution in [0.4, 0.5) is 5.69 Å². The highest BCUT2D eigenvalue weighted by atomic mass is 16.4. The number of benzene rings is 1. The molecule has 0 saturated carbocycles. The van der Waals surface area contributed by atoms with Crippen molar-refractivity contribution >= 4 is 23.5 Å². The summed E-state index contributed by atoms with van der Waals surface area (Å²) in [6.07, 6.45) is -1.89. The Kier molecular flexibility index (Phi) is 3.32. The van der Waals surface area contributed by atoms with E-state index in [4.69, 9.17) is 10.5 Å². The number of hydrogen-bond donors (Lipinski definition) is 2. The van der Waals surface area contributed by atoms with Crippen molar-refractivity contribution in [2.75, 3.05) is 5.12 Å². The van der Waals surface area contributed by atoms with Gasteiger partial charge in [-0.25, -0.2) is 4.79 Å². The van der Waals surface area contributed by atoms with Crippen LogP contribution in [0.3, 0.4) is 0 Å². The third-order valence-corrected chi connectivity index (χ3v) is 2.72. The van der Waals surface area contributed by atoms with Crippen molar-refractivity contribution < 1.29 is 24.6 Å². The maximum atomic E-state index is 11.6. The Morgan fingerprint density at radius 3 is 2.35 bits per heavy atom. The molecule has 1 atom stereocenters.